The number of nitrogens with zero attached hydrogens (tertiary/aromatic N) is 1. The maximum atomic E-state index is 12.3. The van der Waals surface area contributed by atoms with Crippen LogP contribution in [0.3, 0.4) is 0 Å². The summed E-state index contributed by atoms with van der Waals surface area (Å²) in [4.78, 5) is 12.3. The number of hydrogen-bond acceptors (Lipinski definition) is 4. The highest BCUT2D eigenvalue weighted by Crippen LogP contribution is 2.22. The van der Waals surface area contributed by atoms with E-state index in [-0.39, 0.29) is 17.7 Å². The van der Waals surface area contributed by atoms with Crippen LogP contribution in [0.25, 0.3) is 0 Å². The Morgan fingerprint density at radius 3 is 2.85 bits per heavy atom. The quantitative estimate of drug-likeness (QED) is 0.727. The van der Waals surface area contributed by atoms with Gasteiger partial charge in [0.05, 0.1) is 5.75 Å². The smallest absolute Gasteiger partial charge is 0.238 e. The molecule has 2 unspecified atom stereocenters. The van der Waals surface area contributed by atoms with Crippen LogP contribution < -0.4 is 10.6 Å². The molecule has 0 spiro atoms. The van der Waals surface area contributed by atoms with Gasteiger partial charge in [-0.1, -0.05) is 13.3 Å². The number of hydrogen-bond donors (Lipinski definition) is 2. The average Bonchev–Trinajstić information content (AvgIpc) is 3.06. The predicted octanol–water partition coefficient (Wildman–Crippen LogP) is 0.0588. The lowest BCUT2D eigenvalue weighted by atomic mass is 10.2. The monoisotopic (exact) mass is 303 g/mol. The van der Waals surface area contributed by atoms with Crippen molar-refractivity contribution >= 4 is 15.9 Å². The molecule has 0 saturated carbocycles. The Bertz CT molecular complexity index is 432. The molecule has 2 heterocycles. The van der Waals surface area contributed by atoms with Crippen LogP contribution in [0.2, 0.25) is 0 Å². The SMILES string of the molecule is CCCCS(=O)(=O)N1CCCC1C(=O)NC1CCNC1. The molecule has 2 aliphatic heterocycles. The number of rotatable bonds is 6. The molecular formula is C13H25N3O3S. The van der Waals surface area contributed by atoms with Gasteiger partial charge < -0.3 is 10.6 Å². The van der Waals surface area contributed by atoms with Gasteiger partial charge in [0.2, 0.25) is 15.9 Å². The maximum absolute atomic E-state index is 12.3. The molecular weight excluding hydrogens is 278 g/mol. The first-order valence-electron chi connectivity index (χ1n) is 7.55. The summed E-state index contributed by atoms with van der Waals surface area (Å²) >= 11 is 0. The minimum absolute atomic E-state index is 0.128. The van der Waals surface area contributed by atoms with Gasteiger partial charge in [0.15, 0.2) is 0 Å². The standard InChI is InChI=1S/C13H25N3O3S/c1-2-3-9-20(18,19)16-8-4-5-12(16)13(17)15-11-6-7-14-10-11/h11-12,14H,2-10H2,1H3,(H,15,17). The van der Waals surface area contributed by atoms with Gasteiger partial charge >= 0.3 is 0 Å². The zero-order valence-electron chi connectivity index (χ0n) is 12.1. The van der Waals surface area contributed by atoms with E-state index >= 15 is 0 Å². The second-order valence-electron chi connectivity index (χ2n) is 5.64. The lowest BCUT2D eigenvalue weighted by Crippen LogP contribution is -2.49. The second-order valence-corrected chi connectivity index (χ2v) is 7.68. The van der Waals surface area contributed by atoms with Crippen LogP contribution >= 0.6 is 0 Å². The summed E-state index contributed by atoms with van der Waals surface area (Å²) in [5.41, 5.74) is 0. The van der Waals surface area contributed by atoms with Crippen LogP contribution in [0, 0.1) is 0 Å². The Labute approximate surface area is 121 Å². The first kappa shape index (κ1) is 15.7. The number of sulfonamides is 1. The van der Waals surface area contributed by atoms with Crippen LogP contribution in [0.4, 0.5) is 0 Å². The van der Waals surface area contributed by atoms with Crippen molar-refractivity contribution in [2.45, 2.75) is 51.1 Å². The minimum atomic E-state index is -3.29. The van der Waals surface area contributed by atoms with E-state index in [1.807, 2.05) is 6.92 Å². The Morgan fingerprint density at radius 2 is 2.20 bits per heavy atom. The molecule has 2 rings (SSSR count). The summed E-state index contributed by atoms with van der Waals surface area (Å²) in [6, 6.07) is -0.360. The molecule has 116 valence electrons. The molecule has 2 fully saturated rings. The fraction of sp³-hybridized carbons (Fsp3) is 0.923. The molecule has 0 aromatic rings. The van der Waals surface area contributed by atoms with Crippen LogP contribution in [0.15, 0.2) is 0 Å². The van der Waals surface area contributed by atoms with Crippen molar-refractivity contribution in [3.63, 3.8) is 0 Å². The van der Waals surface area contributed by atoms with Gasteiger partial charge in [0.25, 0.3) is 0 Å². The summed E-state index contributed by atoms with van der Waals surface area (Å²) in [6.45, 7) is 4.14. The Balaban J connectivity index is 1.97. The first-order chi connectivity index (χ1) is 9.54. The van der Waals surface area contributed by atoms with Gasteiger partial charge in [-0.05, 0) is 32.2 Å². The molecule has 2 saturated heterocycles. The highest BCUT2D eigenvalue weighted by molar-refractivity contribution is 7.89. The van der Waals surface area contributed by atoms with Gasteiger partial charge in [-0.25, -0.2) is 8.42 Å². The third kappa shape index (κ3) is 3.71. The van der Waals surface area contributed by atoms with Crippen molar-refractivity contribution in [2.24, 2.45) is 0 Å². The van der Waals surface area contributed by atoms with E-state index in [1.54, 1.807) is 0 Å². The summed E-state index contributed by atoms with van der Waals surface area (Å²) in [5, 5.41) is 6.16. The second kappa shape index (κ2) is 6.87. The van der Waals surface area contributed by atoms with Gasteiger partial charge in [-0.3, -0.25) is 4.79 Å². The zero-order valence-corrected chi connectivity index (χ0v) is 12.9. The summed E-state index contributed by atoms with van der Waals surface area (Å²) < 4.78 is 26.0. The molecule has 6 nitrogen and oxygen atoms in total. The summed E-state index contributed by atoms with van der Waals surface area (Å²) in [6.07, 6.45) is 3.82. The molecule has 0 aromatic heterocycles. The Kier molecular flexibility index (Phi) is 5.40. The number of nitrogens with one attached hydrogen (secondary N) is 2. The van der Waals surface area contributed by atoms with E-state index in [4.69, 9.17) is 0 Å². The highest BCUT2D eigenvalue weighted by atomic mass is 32.2. The zero-order chi connectivity index (χ0) is 14.6. The number of unbranched alkanes of at least 4 members (excludes halogenated alkanes) is 1. The molecule has 0 bridgehead atoms. The summed E-state index contributed by atoms with van der Waals surface area (Å²) in [7, 11) is -3.29. The fourth-order valence-corrected chi connectivity index (χ4v) is 4.74. The van der Waals surface area contributed by atoms with Gasteiger partial charge in [-0.2, -0.15) is 4.31 Å². The first-order valence-corrected chi connectivity index (χ1v) is 9.16. The van der Waals surface area contributed by atoms with E-state index in [2.05, 4.69) is 10.6 Å². The molecule has 2 atom stereocenters. The van der Waals surface area contributed by atoms with Gasteiger partial charge in [-0.15, -0.1) is 0 Å². The molecule has 2 N–H and O–H groups in total. The van der Waals surface area contributed by atoms with Crippen LogP contribution in [0.1, 0.15) is 39.0 Å². The normalized spacial score (nSPS) is 27.9. The van der Waals surface area contributed by atoms with Gasteiger partial charge in [0, 0.05) is 19.1 Å². The van der Waals surface area contributed by atoms with Crippen molar-refractivity contribution in [2.75, 3.05) is 25.4 Å². The molecule has 20 heavy (non-hydrogen) atoms. The van der Waals surface area contributed by atoms with Gasteiger partial charge in [0.1, 0.15) is 6.04 Å². The number of amides is 1. The molecule has 7 heteroatoms. The third-order valence-corrected chi connectivity index (χ3v) is 5.98. The van der Waals surface area contributed by atoms with Crippen molar-refractivity contribution in [1.82, 2.24) is 14.9 Å². The van der Waals surface area contributed by atoms with E-state index < -0.39 is 16.1 Å². The lowest BCUT2D eigenvalue weighted by Gasteiger charge is -2.24. The molecule has 1 amide bonds. The van der Waals surface area contributed by atoms with E-state index in [9.17, 15) is 13.2 Å². The van der Waals surface area contributed by atoms with Crippen molar-refractivity contribution in [1.29, 1.82) is 0 Å². The van der Waals surface area contributed by atoms with Crippen LogP contribution in [-0.4, -0.2) is 56.1 Å². The Hall–Kier alpha value is -0.660. The predicted molar refractivity (Wildman–Crippen MR) is 77.8 cm³/mol. The average molecular weight is 303 g/mol. The topological polar surface area (TPSA) is 78.5 Å². The van der Waals surface area contributed by atoms with Crippen molar-refractivity contribution in [3.05, 3.63) is 0 Å². The maximum Gasteiger partial charge on any atom is 0.238 e. The lowest BCUT2D eigenvalue weighted by molar-refractivity contribution is -0.124. The van der Waals surface area contributed by atoms with Crippen molar-refractivity contribution in [3.8, 4) is 0 Å². The van der Waals surface area contributed by atoms with Crippen molar-refractivity contribution < 1.29 is 13.2 Å². The summed E-state index contributed by atoms with van der Waals surface area (Å²) in [5.74, 6) is 0.0226. The van der Waals surface area contributed by atoms with E-state index in [1.165, 1.54) is 4.31 Å². The minimum Gasteiger partial charge on any atom is -0.351 e. The number of carbonyl (C=O) groups is 1. The molecule has 0 aromatic carbocycles. The molecule has 0 aliphatic carbocycles. The highest BCUT2D eigenvalue weighted by Gasteiger charge is 2.38. The van der Waals surface area contributed by atoms with E-state index in [0.29, 0.717) is 19.4 Å². The Morgan fingerprint density at radius 1 is 1.40 bits per heavy atom. The fourth-order valence-electron chi connectivity index (χ4n) is 2.85. The van der Waals surface area contributed by atoms with Crippen LogP contribution in [-0.2, 0) is 14.8 Å². The van der Waals surface area contributed by atoms with Crippen LogP contribution in [0.5, 0.6) is 0 Å². The molecule has 2 aliphatic rings. The van der Waals surface area contributed by atoms with E-state index in [0.717, 1.165) is 32.4 Å². The largest absolute Gasteiger partial charge is 0.351 e. The molecule has 0 radical (unpaired) electrons. The number of carbonyl (C=O) groups excluding carboxylic acids is 1. The third-order valence-electron chi connectivity index (χ3n) is 4.03.